The SMILES string of the molecule is C=CC[C@H]1CCCNC1. The number of hydrogen-bond donors (Lipinski definition) is 1. The Kier molecular flexibility index (Phi) is 2.78. The van der Waals surface area contributed by atoms with Crippen LogP contribution in [0.4, 0.5) is 0 Å². The van der Waals surface area contributed by atoms with Gasteiger partial charge in [-0.3, -0.25) is 0 Å². The fraction of sp³-hybridized carbons (Fsp3) is 0.750. The first kappa shape index (κ1) is 6.81. The maximum atomic E-state index is 3.73. The Morgan fingerprint density at radius 3 is 3.11 bits per heavy atom. The lowest BCUT2D eigenvalue weighted by molar-refractivity contribution is 0.381. The van der Waals surface area contributed by atoms with Gasteiger partial charge in [-0.25, -0.2) is 0 Å². The van der Waals surface area contributed by atoms with E-state index in [1.54, 1.807) is 0 Å². The van der Waals surface area contributed by atoms with Crippen LogP contribution >= 0.6 is 0 Å². The molecule has 1 aliphatic heterocycles. The van der Waals surface area contributed by atoms with Gasteiger partial charge in [0.15, 0.2) is 0 Å². The monoisotopic (exact) mass is 125 g/mol. The van der Waals surface area contributed by atoms with E-state index >= 15 is 0 Å². The Balaban J connectivity index is 2.15. The predicted molar refractivity (Wildman–Crippen MR) is 40.4 cm³/mol. The Bertz CT molecular complexity index is 82.6. The highest BCUT2D eigenvalue weighted by molar-refractivity contribution is 4.77. The third kappa shape index (κ3) is 2.19. The van der Waals surface area contributed by atoms with Gasteiger partial charge in [0.25, 0.3) is 0 Å². The molecule has 9 heavy (non-hydrogen) atoms. The normalized spacial score (nSPS) is 27.8. The largest absolute Gasteiger partial charge is 0.316 e. The van der Waals surface area contributed by atoms with E-state index in [0.29, 0.717) is 0 Å². The second-order valence-corrected chi connectivity index (χ2v) is 2.74. The Morgan fingerprint density at radius 2 is 2.56 bits per heavy atom. The summed E-state index contributed by atoms with van der Waals surface area (Å²) in [5, 5.41) is 3.37. The van der Waals surface area contributed by atoms with Crippen molar-refractivity contribution in [1.82, 2.24) is 5.32 Å². The van der Waals surface area contributed by atoms with Crippen LogP contribution in [0.1, 0.15) is 19.3 Å². The molecule has 1 rings (SSSR count). The first-order valence-corrected chi connectivity index (χ1v) is 3.75. The highest BCUT2D eigenvalue weighted by Crippen LogP contribution is 2.13. The van der Waals surface area contributed by atoms with E-state index in [2.05, 4.69) is 11.9 Å². The summed E-state index contributed by atoms with van der Waals surface area (Å²) in [4.78, 5) is 0. The molecule has 0 aromatic heterocycles. The van der Waals surface area contributed by atoms with Gasteiger partial charge in [-0.1, -0.05) is 6.08 Å². The number of nitrogens with one attached hydrogen (secondary N) is 1. The molecule has 1 heteroatoms. The zero-order valence-electron chi connectivity index (χ0n) is 5.90. The molecule has 52 valence electrons. The van der Waals surface area contributed by atoms with Gasteiger partial charge in [0.05, 0.1) is 0 Å². The van der Waals surface area contributed by atoms with Crippen LogP contribution < -0.4 is 5.32 Å². The van der Waals surface area contributed by atoms with Crippen LogP contribution in [0.3, 0.4) is 0 Å². The summed E-state index contributed by atoms with van der Waals surface area (Å²) >= 11 is 0. The zero-order valence-corrected chi connectivity index (χ0v) is 5.90. The van der Waals surface area contributed by atoms with Crippen molar-refractivity contribution in [2.75, 3.05) is 13.1 Å². The van der Waals surface area contributed by atoms with Crippen LogP contribution in [-0.2, 0) is 0 Å². The van der Waals surface area contributed by atoms with E-state index in [-0.39, 0.29) is 0 Å². The molecule has 0 radical (unpaired) electrons. The van der Waals surface area contributed by atoms with Crippen LogP contribution in [0.15, 0.2) is 12.7 Å². The van der Waals surface area contributed by atoms with Crippen LogP contribution in [0.25, 0.3) is 0 Å². The summed E-state index contributed by atoms with van der Waals surface area (Å²) in [7, 11) is 0. The minimum Gasteiger partial charge on any atom is -0.316 e. The quantitative estimate of drug-likeness (QED) is 0.552. The van der Waals surface area contributed by atoms with Crippen molar-refractivity contribution in [3.63, 3.8) is 0 Å². The first-order chi connectivity index (χ1) is 4.43. The average Bonchev–Trinajstić information content (AvgIpc) is 1.91. The second kappa shape index (κ2) is 3.67. The maximum Gasteiger partial charge on any atom is -0.00175 e. The standard InChI is InChI=1S/C8H15N/c1-2-4-8-5-3-6-9-7-8/h2,8-9H,1,3-7H2/t8-/m0/s1. The number of piperidine rings is 1. The lowest BCUT2D eigenvalue weighted by Crippen LogP contribution is -2.29. The summed E-state index contributed by atoms with van der Waals surface area (Å²) in [6.45, 7) is 6.14. The smallest absolute Gasteiger partial charge is 0.00175 e. The van der Waals surface area contributed by atoms with E-state index < -0.39 is 0 Å². The number of rotatable bonds is 2. The molecular weight excluding hydrogens is 110 g/mol. The van der Waals surface area contributed by atoms with Crippen LogP contribution in [0.2, 0.25) is 0 Å². The Morgan fingerprint density at radius 1 is 1.67 bits per heavy atom. The molecule has 1 fully saturated rings. The van der Waals surface area contributed by atoms with Crippen molar-refractivity contribution in [3.05, 3.63) is 12.7 Å². The molecule has 1 nitrogen and oxygen atoms in total. The summed E-state index contributed by atoms with van der Waals surface area (Å²) in [6.07, 6.45) is 5.95. The summed E-state index contributed by atoms with van der Waals surface area (Å²) in [5.41, 5.74) is 0. The Labute approximate surface area is 57.1 Å². The van der Waals surface area contributed by atoms with Crippen LogP contribution in [0, 0.1) is 5.92 Å². The van der Waals surface area contributed by atoms with Crippen LogP contribution in [0.5, 0.6) is 0 Å². The van der Waals surface area contributed by atoms with Gasteiger partial charge in [0.2, 0.25) is 0 Å². The molecule has 0 aromatic carbocycles. The molecule has 0 aromatic rings. The zero-order chi connectivity index (χ0) is 6.53. The van der Waals surface area contributed by atoms with E-state index in [9.17, 15) is 0 Å². The highest BCUT2D eigenvalue weighted by atomic mass is 14.9. The predicted octanol–water partition coefficient (Wildman–Crippen LogP) is 1.56. The summed E-state index contributed by atoms with van der Waals surface area (Å²) < 4.78 is 0. The van der Waals surface area contributed by atoms with Crippen LogP contribution in [-0.4, -0.2) is 13.1 Å². The van der Waals surface area contributed by atoms with Crippen molar-refractivity contribution in [3.8, 4) is 0 Å². The fourth-order valence-electron chi connectivity index (χ4n) is 1.36. The molecule has 0 aliphatic carbocycles. The number of allylic oxidation sites excluding steroid dienone is 1. The molecule has 0 spiro atoms. The third-order valence-electron chi connectivity index (χ3n) is 1.90. The molecule has 1 atom stereocenters. The van der Waals surface area contributed by atoms with Gasteiger partial charge in [-0.2, -0.15) is 0 Å². The van der Waals surface area contributed by atoms with Gasteiger partial charge < -0.3 is 5.32 Å². The minimum absolute atomic E-state index is 0.872. The van der Waals surface area contributed by atoms with Crippen molar-refractivity contribution in [2.45, 2.75) is 19.3 Å². The molecular formula is C8H15N. The minimum atomic E-state index is 0.872. The van der Waals surface area contributed by atoms with Crippen molar-refractivity contribution >= 4 is 0 Å². The molecule has 0 bridgehead atoms. The molecule has 1 N–H and O–H groups in total. The number of hydrogen-bond acceptors (Lipinski definition) is 1. The lowest BCUT2D eigenvalue weighted by Gasteiger charge is -2.20. The molecule has 1 heterocycles. The summed E-state index contributed by atoms with van der Waals surface area (Å²) in [5.74, 6) is 0.872. The molecule has 0 amide bonds. The van der Waals surface area contributed by atoms with E-state index in [1.807, 2.05) is 6.08 Å². The molecule has 0 saturated carbocycles. The van der Waals surface area contributed by atoms with E-state index in [1.165, 1.54) is 32.4 Å². The van der Waals surface area contributed by atoms with Crippen molar-refractivity contribution in [2.24, 2.45) is 5.92 Å². The van der Waals surface area contributed by atoms with Gasteiger partial charge in [-0.05, 0) is 38.3 Å². The average molecular weight is 125 g/mol. The topological polar surface area (TPSA) is 12.0 Å². The Hall–Kier alpha value is -0.300. The maximum absolute atomic E-state index is 3.73. The van der Waals surface area contributed by atoms with E-state index in [4.69, 9.17) is 0 Å². The molecule has 0 unspecified atom stereocenters. The molecule has 1 aliphatic rings. The van der Waals surface area contributed by atoms with Crippen molar-refractivity contribution < 1.29 is 0 Å². The summed E-state index contributed by atoms with van der Waals surface area (Å²) in [6, 6.07) is 0. The van der Waals surface area contributed by atoms with Gasteiger partial charge in [0, 0.05) is 0 Å². The van der Waals surface area contributed by atoms with E-state index in [0.717, 1.165) is 5.92 Å². The molecule has 1 saturated heterocycles. The highest BCUT2D eigenvalue weighted by Gasteiger charge is 2.09. The lowest BCUT2D eigenvalue weighted by atomic mass is 9.96. The van der Waals surface area contributed by atoms with Gasteiger partial charge in [-0.15, -0.1) is 6.58 Å². The third-order valence-corrected chi connectivity index (χ3v) is 1.90. The second-order valence-electron chi connectivity index (χ2n) is 2.74. The van der Waals surface area contributed by atoms with Crippen molar-refractivity contribution in [1.29, 1.82) is 0 Å². The first-order valence-electron chi connectivity index (χ1n) is 3.75. The van der Waals surface area contributed by atoms with Gasteiger partial charge >= 0.3 is 0 Å². The van der Waals surface area contributed by atoms with Gasteiger partial charge in [0.1, 0.15) is 0 Å². The fourth-order valence-corrected chi connectivity index (χ4v) is 1.36.